The van der Waals surface area contributed by atoms with Crippen LogP contribution < -0.4 is 20.3 Å². The van der Waals surface area contributed by atoms with Crippen LogP contribution in [0, 0.1) is 24.6 Å². The number of hydrogen-bond donors (Lipinski definition) is 3. The lowest BCUT2D eigenvalue weighted by molar-refractivity contribution is 0.0690. The number of nitrogens with zero attached hydrogens (tertiary/aromatic N) is 8. The van der Waals surface area contributed by atoms with Gasteiger partial charge in [0.25, 0.3) is 0 Å². The van der Waals surface area contributed by atoms with E-state index in [0.717, 1.165) is 79.6 Å². The van der Waals surface area contributed by atoms with E-state index in [0.29, 0.717) is 53.1 Å². The second-order valence-corrected chi connectivity index (χ2v) is 16.4. The van der Waals surface area contributed by atoms with Crippen molar-refractivity contribution in [3.05, 3.63) is 76.0 Å². The van der Waals surface area contributed by atoms with Crippen LogP contribution in [0.15, 0.2) is 48.5 Å². The zero-order valence-electron chi connectivity index (χ0n) is 33.1. The number of likely N-dealkylation sites (N-methyl/N-ethyl adjacent to an activating group) is 1. The first kappa shape index (κ1) is 41.9. The highest BCUT2D eigenvalue weighted by atomic mass is 32.1. The van der Waals surface area contributed by atoms with Crippen LogP contribution in [0.4, 0.5) is 26.3 Å². The van der Waals surface area contributed by atoms with Crippen molar-refractivity contribution in [2.24, 2.45) is 0 Å². The van der Waals surface area contributed by atoms with Gasteiger partial charge < -0.3 is 30.3 Å². The lowest BCUT2D eigenvalue weighted by Gasteiger charge is -2.32. The smallest absolute Gasteiger partial charge is 0.355 e. The fourth-order valence-corrected chi connectivity index (χ4v) is 8.21. The molecule has 57 heavy (non-hydrogen) atoms. The minimum Gasteiger partial charge on any atom is -0.491 e. The lowest BCUT2D eigenvalue weighted by Crippen LogP contribution is -2.46. The van der Waals surface area contributed by atoms with E-state index in [1.54, 1.807) is 23.5 Å². The first-order chi connectivity index (χ1) is 27.6. The summed E-state index contributed by atoms with van der Waals surface area (Å²) < 4.78 is 21.6. The summed E-state index contributed by atoms with van der Waals surface area (Å²) in [6.07, 6.45) is 2.61. The van der Waals surface area contributed by atoms with Gasteiger partial charge in [0.15, 0.2) is 39.2 Å². The van der Waals surface area contributed by atoms with Crippen molar-refractivity contribution in [1.29, 1.82) is 0 Å². The normalized spacial score (nSPS) is 13.5. The number of carbonyl (C=O) groups is 1. The standard InChI is InChI=1S/C41H51FN10O3S2/c1-29-27-36(47-48-38(29)46-40-44-32-12-5-6-13-34(32)56-40)52(20-8-7-17-43-18-21-51-24-22-50(4)23-25-51)41-45-37(39(53)54)35(57-41)14-10-26-55-33-16-15-30(28-31(33)42)11-9-19-49(2)3/h5-6,12-13,15-16,27-28,43H,7-8,10,14,17-26H2,1-4H3,(H,53,54)(H,44,46,48). The second kappa shape index (κ2) is 20.6. The summed E-state index contributed by atoms with van der Waals surface area (Å²) in [6.45, 7) is 10.6. The maximum absolute atomic E-state index is 14.8. The number of benzene rings is 2. The van der Waals surface area contributed by atoms with Gasteiger partial charge in [-0.3, -0.25) is 9.80 Å². The number of carboxylic acids is 1. The van der Waals surface area contributed by atoms with Crippen LogP contribution in [0.25, 0.3) is 10.2 Å². The summed E-state index contributed by atoms with van der Waals surface area (Å²) >= 11 is 2.87. The third-order valence-corrected chi connectivity index (χ3v) is 11.5. The van der Waals surface area contributed by atoms with E-state index >= 15 is 0 Å². The molecule has 0 spiro atoms. The van der Waals surface area contributed by atoms with Crippen LogP contribution in [-0.4, -0.2) is 133 Å². The summed E-state index contributed by atoms with van der Waals surface area (Å²) in [5, 5.41) is 27.5. The van der Waals surface area contributed by atoms with Gasteiger partial charge >= 0.3 is 5.97 Å². The van der Waals surface area contributed by atoms with Crippen molar-refractivity contribution >= 4 is 60.8 Å². The average Bonchev–Trinajstić information content (AvgIpc) is 3.81. The first-order valence-corrected chi connectivity index (χ1v) is 20.9. The Morgan fingerprint density at radius 3 is 2.60 bits per heavy atom. The van der Waals surface area contributed by atoms with Crippen molar-refractivity contribution < 1.29 is 19.0 Å². The molecule has 0 amide bonds. The number of aromatic nitrogens is 4. The molecule has 13 nitrogen and oxygen atoms in total. The molecule has 0 unspecified atom stereocenters. The molecule has 1 aliphatic rings. The maximum Gasteiger partial charge on any atom is 0.355 e. The summed E-state index contributed by atoms with van der Waals surface area (Å²) in [5.41, 5.74) is 2.35. The number of carboxylic acid groups (broad SMARTS) is 1. The molecule has 1 saturated heterocycles. The Balaban J connectivity index is 1.11. The average molecular weight is 815 g/mol. The van der Waals surface area contributed by atoms with Gasteiger partial charge in [0.1, 0.15) is 0 Å². The highest BCUT2D eigenvalue weighted by Gasteiger charge is 2.23. The predicted molar refractivity (Wildman–Crippen MR) is 227 cm³/mol. The van der Waals surface area contributed by atoms with E-state index in [1.165, 1.54) is 17.4 Å². The number of nitrogens with one attached hydrogen (secondary N) is 2. The van der Waals surface area contributed by atoms with Gasteiger partial charge in [0.05, 0.1) is 23.4 Å². The SMILES string of the molecule is Cc1cc(N(CCCCNCCN2CCN(C)CC2)c2nc(C(=O)O)c(CCCOc3ccc(C#CCN(C)C)cc3F)s2)nnc1Nc1nc2ccccc2s1. The Bertz CT molecular complexity index is 2130. The third-order valence-electron chi connectivity index (χ3n) is 9.44. The highest BCUT2D eigenvalue weighted by molar-refractivity contribution is 7.22. The Labute approximate surface area is 341 Å². The van der Waals surface area contributed by atoms with E-state index in [9.17, 15) is 14.3 Å². The molecular formula is C41H51FN10O3S2. The Morgan fingerprint density at radius 2 is 1.84 bits per heavy atom. The van der Waals surface area contributed by atoms with Gasteiger partial charge in [-0.05, 0) is 102 Å². The Morgan fingerprint density at radius 1 is 1.02 bits per heavy atom. The number of piperazine rings is 1. The van der Waals surface area contributed by atoms with Crippen molar-refractivity contribution in [2.45, 2.75) is 32.6 Å². The molecule has 0 atom stereocenters. The van der Waals surface area contributed by atoms with Gasteiger partial charge in [-0.25, -0.2) is 19.2 Å². The van der Waals surface area contributed by atoms with Crippen LogP contribution in [-0.2, 0) is 6.42 Å². The molecule has 1 fully saturated rings. The quantitative estimate of drug-likeness (QED) is 0.0655. The monoisotopic (exact) mass is 814 g/mol. The summed E-state index contributed by atoms with van der Waals surface area (Å²) in [5.74, 6) is 5.67. The number of unbranched alkanes of at least 4 members (excludes halogenated alkanes) is 1. The molecule has 5 aromatic rings. The molecule has 0 aliphatic carbocycles. The summed E-state index contributed by atoms with van der Waals surface area (Å²) in [4.78, 5) is 31.1. The topological polar surface area (TPSA) is 135 Å². The van der Waals surface area contributed by atoms with Crippen LogP contribution in [0.3, 0.4) is 0 Å². The molecule has 0 radical (unpaired) electrons. The van der Waals surface area contributed by atoms with Gasteiger partial charge in [-0.15, -0.1) is 21.5 Å². The molecule has 16 heteroatoms. The Hall–Kier alpha value is -4.76. The van der Waals surface area contributed by atoms with Gasteiger partial charge in [-0.1, -0.05) is 35.3 Å². The number of fused-ring (bicyclic) bond motifs is 1. The van der Waals surface area contributed by atoms with E-state index in [-0.39, 0.29) is 18.1 Å². The van der Waals surface area contributed by atoms with Crippen LogP contribution in [0.2, 0.25) is 0 Å². The molecule has 1 aliphatic heterocycles. The third kappa shape index (κ3) is 12.1. The molecule has 4 heterocycles. The first-order valence-electron chi connectivity index (χ1n) is 19.3. The van der Waals surface area contributed by atoms with Crippen LogP contribution in [0.1, 0.15) is 45.8 Å². The van der Waals surface area contributed by atoms with E-state index in [2.05, 4.69) is 59.5 Å². The van der Waals surface area contributed by atoms with Crippen molar-refractivity contribution in [3.63, 3.8) is 0 Å². The zero-order chi connectivity index (χ0) is 40.1. The number of aromatic carboxylic acids is 1. The number of para-hydroxylation sites is 1. The van der Waals surface area contributed by atoms with Crippen molar-refractivity contribution in [3.8, 4) is 17.6 Å². The van der Waals surface area contributed by atoms with Gasteiger partial charge in [0, 0.05) is 56.3 Å². The highest BCUT2D eigenvalue weighted by Crippen LogP contribution is 2.34. The number of ether oxygens (including phenoxy) is 1. The minimum atomic E-state index is -1.10. The maximum atomic E-state index is 14.8. The van der Waals surface area contributed by atoms with Gasteiger partial charge in [-0.2, -0.15) is 0 Å². The number of halogens is 1. The van der Waals surface area contributed by atoms with E-state index in [1.807, 2.05) is 61.2 Å². The van der Waals surface area contributed by atoms with Crippen LogP contribution >= 0.6 is 22.7 Å². The molecule has 6 rings (SSSR count). The van der Waals surface area contributed by atoms with Crippen LogP contribution in [0.5, 0.6) is 5.75 Å². The van der Waals surface area contributed by atoms with Crippen molar-refractivity contribution in [1.82, 2.24) is 40.2 Å². The second-order valence-electron chi connectivity index (χ2n) is 14.3. The van der Waals surface area contributed by atoms with Gasteiger partial charge in [0.2, 0.25) is 0 Å². The van der Waals surface area contributed by atoms with E-state index in [4.69, 9.17) is 4.74 Å². The minimum absolute atomic E-state index is 0.00351. The molecule has 0 bridgehead atoms. The number of rotatable bonds is 19. The predicted octanol–water partition coefficient (Wildman–Crippen LogP) is 6.11. The molecule has 3 N–H and O–H groups in total. The molecule has 3 aromatic heterocycles. The zero-order valence-corrected chi connectivity index (χ0v) is 34.7. The summed E-state index contributed by atoms with van der Waals surface area (Å²) in [7, 11) is 6.01. The fraction of sp³-hybridized carbons (Fsp3) is 0.439. The fourth-order valence-electron chi connectivity index (χ4n) is 6.22. The number of aryl methyl sites for hydroxylation is 2. The summed E-state index contributed by atoms with van der Waals surface area (Å²) in [6, 6.07) is 14.6. The van der Waals surface area contributed by atoms with E-state index < -0.39 is 11.8 Å². The molecule has 2 aromatic carbocycles. The number of anilines is 4. The molecular weight excluding hydrogens is 764 g/mol. The lowest BCUT2D eigenvalue weighted by atomic mass is 10.2. The molecule has 302 valence electrons. The van der Waals surface area contributed by atoms with Crippen molar-refractivity contribution in [2.75, 3.05) is 96.9 Å². The number of thiazole rings is 2. The Kier molecular flexibility index (Phi) is 15.1. The molecule has 0 saturated carbocycles. The number of hydrogen-bond acceptors (Lipinski definition) is 14. The largest absolute Gasteiger partial charge is 0.491 e.